The molecule has 164 valence electrons. The molecule has 0 heterocycles. The van der Waals surface area contributed by atoms with E-state index in [0.29, 0.717) is 23.4 Å². The Balaban J connectivity index is 4.08. The van der Waals surface area contributed by atoms with E-state index < -0.39 is 25.5 Å². The predicted octanol–water partition coefficient (Wildman–Crippen LogP) is 3.40. The van der Waals surface area contributed by atoms with Gasteiger partial charge >= 0.3 is 13.6 Å². The van der Waals surface area contributed by atoms with Crippen molar-refractivity contribution in [1.29, 1.82) is 0 Å². The van der Waals surface area contributed by atoms with E-state index in [2.05, 4.69) is 10.6 Å². The molecule has 0 aliphatic heterocycles. The Morgan fingerprint density at radius 2 is 1.68 bits per heavy atom. The molecule has 1 atom stereocenters. The monoisotopic (exact) mass is 456 g/mol. The second kappa shape index (κ2) is 14.3. The van der Waals surface area contributed by atoms with E-state index in [1.165, 1.54) is 18.7 Å². The van der Waals surface area contributed by atoms with Crippen molar-refractivity contribution in [2.75, 3.05) is 18.5 Å². The molecule has 0 saturated carbocycles. The summed E-state index contributed by atoms with van der Waals surface area (Å²) >= 11 is 6.34. The summed E-state index contributed by atoms with van der Waals surface area (Å²) in [5.41, 5.74) is 0. The molecule has 3 N–H and O–H groups in total. The maximum Gasteiger partial charge on any atom is 0.331 e. The number of amides is 1. The van der Waals surface area contributed by atoms with Gasteiger partial charge in [0.1, 0.15) is 10.4 Å². The average Bonchev–Trinajstić information content (AvgIpc) is 2.52. The molecular formula is C17H33N2O6PS2. The number of rotatable bonds is 14. The lowest BCUT2D eigenvalue weighted by Gasteiger charge is -2.22. The highest BCUT2D eigenvalue weighted by molar-refractivity contribution is 8.23. The van der Waals surface area contributed by atoms with E-state index in [0.717, 1.165) is 12.8 Å². The summed E-state index contributed by atoms with van der Waals surface area (Å²) in [7, 11) is -3.08. The molecule has 0 aliphatic rings. The van der Waals surface area contributed by atoms with Crippen LogP contribution in [0.2, 0.25) is 0 Å². The number of aliphatic carboxylic acids is 1. The Morgan fingerprint density at radius 1 is 1.11 bits per heavy atom. The number of carbonyl (C=O) groups excluding carboxylic acids is 1. The van der Waals surface area contributed by atoms with Crippen molar-refractivity contribution in [1.82, 2.24) is 10.6 Å². The second-order valence-corrected chi connectivity index (χ2v) is 10.6. The topological polar surface area (TPSA) is 114 Å². The van der Waals surface area contributed by atoms with Crippen LogP contribution in [0.4, 0.5) is 0 Å². The molecule has 28 heavy (non-hydrogen) atoms. The van der Waals surface area contributed by atoms with Crippen LogP contribution in [-0.4, -0.2) is 58.0 Å². The molecule has 8 nitrogen and oxygen atoms in total. The van der Waals surface area contributed by atoms with E-state index in [-0.39, 0.29) is 18.0 Å². The van der Waals surface area contributed by atoms with Crippen LogP contribution >= 0.6 is 31.6 Å². The van der Waals surface area contributed by atoms with Crippen LogP contribution in [0, 0.1) is 0 Å². The number of thioether (sulfide) groups is 1. The maximum atomic E-state index is 12.7. The number of carboxylic acid groups (broad SMARTS) is 1. The number of hydrogen-bond acceptors (Lipinski definition) is 7. The van der Waals surface area contributed by atoms with E-state index in [1.54, 1.807) is 0 Å². The molecule has 0 spiro atoms. The normalized spacial score (nSPS) is 12.8. The van der Waals surface area contributed by atoms with Gasteiger partial charge in [-0.05, 0) is 40.5 Å². The molecule has 11 heteroatoms. The quantitative estimate of drug-likeness (QED) is 0.206. The van der Waals surface area contributed by atoms with Crippen LogP contribution in [0.1, 0.15) is 53.9 Å². The van der Waals surface area contributed by atoms with E-state index in [4.69, 9.17) is 26.4 Å². The van der Waals surface area contributed by atoms with Crippen LogP contribution in [0.5, 0.6) is 0 Å². The largest absolute Gasteiger partial charge is 0.480 e. The van der Waals surface area contributed by atoms with E-state index >= 15 is 0 Å². The summed E-state index contributed by atoms with van der Waals surface area (Å²) in [5.74, 6) is -1.34. The summed E-state index contributed by atoms with van der Waals surface area (Å²) in [6.07, 6.45) is 2.41. The molecule has 0 aromatic carbocycles. The van der Waals surface area contributed by atoms with Gasteiger partial charge in [-0.1, -0.05) is 30.4 Å². The number of carboxylic acids is 1. The summed E-state index contributed by atoms with van der Waals surface area (Å²) in [6.45, 7) is 9.23. The van der Waals surface area contributed by atoms with Gasteiger partial charge in [0.25, 0.3) is 0 Å². The van der Waals surface area contributed by atoms with Crippen LogP contribution in [-0.2, 0) is 23.2 Å². The number of carbonyl (C=O) groups is 2. The van der Waals surface area contributed by atoms with Crippen LogP contribution in [0.3, 0.4) is 0 Å². The molecule has 0 unspecified atom stereocenters. The molecule has 0 aliphatic carbocycles. The first kappa shape index (κ1) is 27.3. The van der Waals surface area contributed by atoms with Gasteiger partial charge in [-0.2, -0.15) is 0 Å². The molecule has 1 amide bonds. The fourth-order valence-electron chi connectivity index (χ4n) is 2.20. The van der Waals surface area contributed by atoms with Crippen LogP contribution < -0.4 is 10.6 Å². The molecule has 0 rings (SSSR count). The van der Waals surface area contributed by atoms with Gasteiger partial charge in [0.2, 0.25) is 5.91 Å². The maximum absolute atomic E-state index is 12.7. The van der Waals surface area contributed by atoms with Crippen molar-refractivity contribution in [3.05, 3.63) is 0 Å². The number of thiocarbonyl (C=S) groups is 1. The Labute approximate surface area is 177 Å². The number of hydrogen-bond donors (Lipinski definition) is 3. The van der Waals surface area contributed by atoms with Crippen LogP contribution in [0.15, 0.2) is 0 Å². The zero-order chi connectivity index (χ0) is 21.7. The van der Waals surface area contributed by atoms with Crippen molar-refractivity contribution in [2.45, 2.75) is 72.1 Å². The highest BCUT2D eigenvalue weighted by atomic mass is 32.2. The van der Waals surface area contributed by atoms with Gasteiger partial charge in [-0.15, -0.1) is 0 Å². The highest BCUT2D eigenvalue weighted by Crippen LogP contribution is 2.51. The fourth-order valence-corrected chi connectivity index (χ4v) is 5.41. The highest BCUT2D eigenvalue weighted by Gasteiger charge is 2.26. The minimum Gasteiger partial charge on any atom is -0.480 e. The zero-order valence-electron chi connectivity index (χ0n) is 17.2. The third-order valence-corrected chi connectivity index (χ3v) is 6.93. The summed E-state index contributed by atoms with van der Waals surface area (Å²) < 4.78 is 24.2. The third kappa shape index (κ3) is 14.3. The Hall–Kier alpha value is -0.670. The second-order valence-electron chi connectivity index (χ2n) is 6.82. The van der Waals surface area contributed by atoms with Gasteiger partial charge < -0.3 is 24.8 Å². The van der Waals surface area contributed by atoms with Gasteiger partial charge in [0.05, 0.1) is 18.4 Å². The van der Waals surface area contributed by atoms with Gasteiger partial charge in [-0.25, -0.2) is 4.79 Å². The molecule has 0 fully saturated rings. The smallest absolute Gasteiger partial charge is 0.331 e. The molecule has 0 aromatic heterocycles. The van der Waals surface area contributed by atoms with Crippen molar-refractivity contribution in [3.8, 4) is 0 Å². The third-order valence-electron chi connectivity index (χ3n) is 3.18. The van der Waals surface area contributed by atoms with E-state index in [1.807, 2.05) is 27.7 Å². The summed E-state index contributed by atoms with van der Waals surface area (Å²) in [6, 6.07) is -0.974. The molecule has 0 bridgehead atoms. The predicted molar refractivity (Wildman–Crippen MR) is 117 cm³/mol. The van der Waals surface area contributed by atoms with Crippen molar-refractivity contribution >= 4 is 47.8 Å². The molecule has 0 aromatic rings. The van der Waals surface area contributed by atoms with Crippen molar-refractivity contribution in [3.63, 3.8) is 0 Å². The minimum atomic E-state index is -3.08. The van der Waals surface area contributed by atoms with Crippen molar-refractivity contribution in [2.24, 2.45) is 0 Å². The fraction of sp³-hybridized carbons (Fsp3) is 0.824. The SMILES string of the molecule is CC(=O)N[C@@H](CSC(=S)NCCCCCP(=O)(OC(C)C)OC(C)C)C(=O)O. The summed E-state index contributed by atoms with van der Waals surface area (Å²) in [4.78, 5) is 22.1. The van der Waals surface area contributed by atoms with Gasteiger partial charge in [0, 0.05) is 19.2 Å². The Kier molecular flexibility index (Phi) is 14.0. The van der Waals surface area contributed by atoms with Gasteiger partial charge in [-0.3, -0.25) is 9.36 Å². The number of nitrogens with one attached hydrogen (secondary N) is 2. The lowest BCUT2D eigenvalue weighted by molar-refractivity contribution is -0.140. The van der Waals surface area contributed by atoms with Crippen molar-refractivity contribution < 1.29 is 28.3 Å². The standard InChI is InChI=1S/C17H33N2O6PS2/c1-12(2)24-26(23,25-13(3)4)10-8-6-7-9-18-17(27)28-11-15(16(21)22)19-14(5)20/h12-13,15H,6-11H2,1-5H3,(H,18,27)(H,19,20)(H,21,22)/t15-/m0/s1. The molecular weight excluding hydrogens is 423 g/mol. The number of unbranched alkanes of at least 4 members (excludes halogenated alkanes) is 2. The first-order valence-electron chi connectivity index (χ1n) is 9.31. The Bertz CT molecular complexity index is 546. The first-order chi connectivity index (χ1) is 12.9. The van der Waals surface area contributed by atoms with Gasteiger partial charge in [0.15, 0.2) is 0 Å². The average molecular weight is 457 g/mol. The first-order valence-corrected chi connectivity index (χ1v) is 12.4. The zero-order valence-corrected chi connectivity index (χ0v) is 19.8. The molecule has 0 saturated heterocycles. The van der Waals surface area contributed by atoms with Crippen LogP contribution in [0.25, 0.3) is 0 Å². The minimum absolute atomic E-state index is 0.156. The molecule has 0 radical (unpaired) electrons. The van der Waals surface area contributed by atoms with E-state index in [9.17, 15) is 14.2 Å². The Morgan fingerprint density at radius 3 is 2.14 bits per heavy atom. The lowest BCUT2D eigenvalue weighted by Crippen LogP contribution is -2.42. The summed E-state index contributed by atoms with van der Waals surface area (Å²) in [5, 5.41) is 14.5. The lowest BCUT2D eigenvalue weighted by atomic mass is 10.2.